The van der Waals surface area contributed by atoms with E-state index in [-0.39, 0.29) is 100 Å². The summed E-state index contributed by atoms with van der Waals surface area (Å²) in [6.07, 6.45) is -1.75. The van der Waals surface area contributed by atoms with E-state index in [9.17, 15) is 45.8 Å². The Morgan fingerprint density at radius 1 is 0.922 bits per heavy atom. The number of carboxylic acids is 1. The highest BCUT2D eigenvalue weighted by atomic mass is 19.4. The zero-order valence-corrected chi connectivity index (χ0v) is 27.8. The zero-order chi connectivity index (χ0) is 36.3. The average molecular weight is 717 g/mol. The number of aryl methyl sites for hydroxylation is 1. The molecule has 2 aliphatic carbocycles. The van der Waals surface area contributed by atoms with Gasteiger partial charge in [-0.05, 0) is 79.2 Å². The number of rotatable bonds is 9. The van der Waals surface area contributed by atoms with Crippen LogP contribution in [0, 0.1) is 22.6 Å². The van der Waals surface area contributed by atoms with E-state index in [0.29, 0.717) is 29.7 Å². The van der Waals surface area contributed by atoms with Crippen molar-refractivity contribution >= 4 is 17.8 Å². The third kappa shape index (κ3) is 6.61. The lowest BCUT2D eigenvalue weighted by Gasteiger charge is -2.52. The second kappa shape index (κ2) is 12.7. The number of nitrogens with zero attached hydrogens (tertiary/aromatic N) is 4. The molecule has 4 aliphatic rings. The monoisotopic (exact) mass is 716 g/mol. The maximum absolute atomic E-state index is 13.9. The van der Waals surface area contributed by atoms with Crippen LogP contribution in [0.3, 0.4) is 0 Å². The number of aromatic carboxylic acids is 1. The van der Waals surface area contributed by atoms with Gasteiger partial charge in [0.25, 0.3) is 5.91 Å². The van der Waals surface area contributed by atoms with Gasteiger partial charge in [0.05, 0.1) is 23.9 Å². The van der Waals surface area contributed by atoms with Gasteiger partial charge in [-0.2, -0.15) is 18.3 Å². The molecule has 1 aromatic heterocycles. The van der Waals surface area contributed by atoms with Crippen molar-refractivity contribution in [2.45, 2.75) is 75.9 Å². The summed E-state index contributed by atoms with van der Waals surface area (Å²) in [5, 5.41) is 14.5. The maximum Gasteiger partial charge on any atom is 0.403 e. The summed E-state index contributed by atoms with van der Waals surface area (Å²) in [6.45, 7) is 0.833. The van der Waals surface area contributed by atoms with Gasteiger partial charge in [-0.3, -0.25) is 14.3 Å². The summed E-state index contributed by atoms with van der Waals surface area (Å²) in [7, 11) is 0. The van der Waals surface area contributed by atoms with Crippen LogP contribution >= 0.6 is 0 Å². The van der Waals surface area contributed by atoms with E-state index in [1.807, 2.05) is 0 Å². The summed E-state index contributed by atoms with van der Waals surface area (Å²) in [6, 6.07) is 11.0. The Labute approximate surface area is 290 Å². The van der Waals surface area contributed by atoms with E-state index >= 15 is 0 Å². The van der Waals surface area contributed by atoms with Crippen LogP contribution in [0.1, 0.15) is 88.3 Å². The van der Waals surface area contributed by atoms with Crippen molar-refractivity contribution in [1.82, 2.24) is 19.6 Å². The first-order valence-electron chi connectivity index (χ1n) is 17.2. The van der Waals surface area contributed by atoms with Crippen molar-refractivity contribution in [3.8, 4) is 0 Å². The van der Waals surface area contributed by atoms with Crippen LogP contribution in [-0.2, 0) is 17.8 Å². The van der Waals surface area contributed by atoms with Crippen molar-refractivity contribution in [3.05, 3.63) is 88.5 Å². The molecule has 272 valence electrons. The minimum Gasteiger partial charge on any atom is -0.478 e. The van der Waals surface area contributed by atoms with Gasteiger partial charge in [-0.1, -0.05) is 30.3 Å². The molecule has 51 heavy (non-hydrogen) atoms. The van der Waals surface area contributed by atoms with Crippen LogP contribution in [-0.4, -0.2) is 80.7 Å². The summed E-state index contributed by atoms with van der Waals surface area (Å²) >= 11 is 0. The molecule has 14 heteroatoms. The lowest BCUT2D eigenvalue weighted by molar-refractivity contribution is -0.205. The molecule has 8 nitrogen and oxygen atoms in total. The molecule has 2 amide bonds. The predicted molar refractivity (Wildman–Crippen MR) is 172 cm³/mol. The topological polar surface area (TPSA) is 95.7 Å². The fraction of sp³-hybridized carbons (Fsp3) is 0.514. The van der Waals surface area contributed by atoms with Crippen LogP contribution in [0.2, 0.25) is 0 Å². The van der Waals surface area contributed by atoms with E-state index in [1.54, 1.807) is 46.1 Å². The molecule has 4 fully saturated rings. The second-order valence-corrected chi connectivity index (χ2v) is 14.9. The fourth-order valence-electron chi connectivity index (χ4n) is 8.48. The predicted octanol–water partition coefficient (Wildman–Crippen LogP) is 6.94. The molecule has 2 aromatic carbocycles. The van der Waals surface area contributed by atoms with Crippen molar-refractivity contribution in [2.75, 3.05) is 26.2 Å². The van der Waals surface area contributed by atoms with Gasteiger partial charge in [0, 0.05) is 50.6 Å². The van der Waals surface area contributed by atoms with Crippen LogP contribution in [0.4, 0.5) is 26.3 Å². The minimum atomic E-state index is -4.65. The molecule has 1 atom stereocenters. The van der Waals surface area contributed by atoms with E-state index in [1.165, 1.54) is 23.2 Å². The number of likely N-dealkylation sites (tertiary alicyclic amines) is 2. The maximum atomic E-state index is 13.9. The average Bonchev–Trinajstić information content (AvgIpc) is 3.63. The first-order chi connectivity index (χ1) is 24.1. The van der Waals surface area contributed by atoms with Crippen molar-refractivity contribution in [3.63, 3.8) is 0 Å². The number of hydrogen-bond acceptors (Lipinski definition) is 4. The highest BCUT2D eigenvalue weighted by Gasteiger charge is 2.71. The molecule has 1 spiro atoms. The molecule has 2 aliphatic heterocycles. The molecular weight excluding hydrogens is 678 g/mol. The first kappa shape index (κ1) is 35.1. The Hall–Kier alpha value is -4.36. The molecule has 0 radical (unpaired) electrons. The molecule has 7 rings (SSSR count). The van der Waals surface area contributed by atoms with Crippen molar-refractivity contribution in [2.24, 2.45) is 16.7 Å². The van der Waals surface area contributed by atoms with E-state index in [4.69, 9.17) is 0 Å². The number of carbonyl (C=O) groups excluding carboxylic acids is 2. The van der Waals surface area contributed by atoms with Gasteiger partial charge >= 0.3 is 12.1 Å². The number of carboxylic acid groups (broad SMARTS) is 1. The number of aromatic nitrogens is 2. The number of benzene rings is 2. The first-order valence-corrected chi connectivity index (χ1v) is 17.2. The molecular formula is C37H38F6N4O4. The Morgan fingerprint density at radius 3 is 2.22 bits per heavy atom. The third-order valence-corrected chi connectivity index (χ3v) is 11.6. The van der Waals surface area contributed by atoms with Crippen molar-refractivity contribution < 1.29 is 45.8 Å². The summed E-state index contributed by atoms with van der Waals surface area (Å²) in [5.41, 5.74) is -0.823. The summed E-state index contributed by atoms with van der Waals surface area (Å²) < 4.78 is 84.2. The van der Waals surface area contributed by atoms with Gasteiger partial charge < -0.3 is 14.9 Å². The lowest BCUT2D eigenvalue weighted by atomic mass is 9.69. The summed E-state index contributed by atoms with van der Waals surface area (Å²) in [4.78, 5) is 42.3. The Morgan fingerprint density at radius 2 is 1.59 bits per heavy atom. The standard InChI is InChI=1S/C37H38F6N4O4/c38-28-8-4-23(5-9-28)17-47-18-26(16-44-47)31(48)45-19-27(34(20-45)21-46(22-34)33(51)35(14-15-35)37(41,42)43)7-6-25-2-1-3-29(30(25)32(49)50)24-10-12-36(39,40)13-11-24/h1-5,8-9,16,18,24,27H,6-7,10-15,17,19-22H2,(H,49,50). The van der Waals surface area contributed by atoms with Gasteiger partial charge in [-0.25, -0.2) is 18.0 Å². The second-order valence-electron chi connectivity index (χ2n) is 14.9. The smallest absolute Gasteiger partial charge is 0.403 e. The van der Waals surface area contributed by atoms with Gasteiger partial charge in [0.1, 0.15) is 11.2 Å². The molecule has 2 saturated heterocycles. The highest BCUT2D eigenvalue weighted by molar-refractivity contribution is 5.94. The zero-order valence-electron chi connectivity index (χ0n) is 27.8. The number of hydrogen-bond donors (Lipinski definition) is 1. The van der Waals surface area contributed by atoms with Crippen LogP contribution in [0.15, 0.2) is 54.9 Å². The molecule has 1 unspecified atom stereocenters. The molecule has 3 aromatic rings. The molecule has 2 saturated carbocycles. The number of alkyl halides is 5. The Bertz CT molecular complexity index is 1820. The lowest BCUT2D eigenvalue weighted by Crippen LogP contribution is -2.64. The number of carbonyl (C=O) groups is 3. The van der Waals surface area contributed by atoms with Gasteiger partial charge in [0.15, 0.2) is 0 Å². The van der Waals surface area contributed by atoms with Crippen LogP contribution < -0.4 is 0 Å². The SMILES string of the molecule is O=C(O)c1c(CCC2CN(C(=O)c3cnn(Cc4ccc(F)cc4)c3)CC23CN(C(=O)C2(C(F)(F)F)CC2)C3)cccc1C1CCC(F)(F)CC1. The normalized spacial score (nSPS) is 22.2. The van der Waals surface area contributed by atoms with Gasteiger partial charge in [-0.15, -0.1) is 0 Å². The minimum absolute atomic E-state index is 0.0457. The number of amides is 2. The third-order valence-electron chi connectivity index (χ3n) is 11.6. The van der Waals surface area contributed by atoms with E-state index in [0.717, 1.165) is 5.56 Å². The molecule has 3 heterocycles. The number of halogens is 6. The summed E-state index contributed by atoms with van der Waals surface area (Å²) in [5.74, 6) is -6.15. The Balaban J connectivity index is 1.10. The van der Waals surface area contributed by atoms with E-state index < -0.39 is 34.8 Å². The van der Waals surface area contributed by atoms with Crippen molar-refractivity contribution in [1.29, 1.82) is 0 Å². The van der Waals surface area contributed by atoms with E-state index in [2.05, 4.69) is 5.10 Å². The molecule has 1 N–H and O–H groups in total. The van der Waals surface area contributed by atoms with Crippen LogP contribution in [0.25, 0.3) is 0 Å². The largest absolute Gasteiger partial charge is 0.478 e. The quantitative estimate of drug-likeness (QED) is 0.242. The van der Waals surface area contributed by atoms with Gasteiger partial charge in [0.2, 0.25) is 11.8 Å². The Kier molecular flexibility index (Phi) is 8.73. The molecule has 0 bridgehead atoms. The van der Waals surface area contributed by atoms with Crippen LogP contribution in [0.5, 0.6) is 0 Å². The highest BCUT2D eigenvalue weighted by Crippen LogP contribution is 2.60. The fourth-order valence-corrected chi connectivity index (χ4v) is 8.48.